The fraction of sp³-hybridized carbons (Fsp3) is 0.438. The zero-order valence-corrected chi connectivity index (χ0v) is 12.1. The van der Waals surface area contributed by atoms with Crippen LogP contribution in [0.2, 0.25) is 0 Å². The molecular formula is C16H19F2N3. The number of aromatic nitrogens is 2. The van der Waals surface area contributed by atoms with E-state index in [2.05, 4.69) is 14.9 Å². The van der Waals surface area contributed by atoms with Crippen LogP contribution in [0.1, 0.15) is 43.8 Å². The maximum absolute atomic E-state index is 13.3. The van der Waals surface area contributed by atoms with Gasteiger partial charge in [0.15, 0.2) is 11.6 Å². The van der Waals surface area contributed by atoms with E-state index in [4.69, 9.17) is 0 Å². The molecule has 1 fully saturated rings. The van der Waals surface area contributed by atoms with Crippen molar-refractivity contribution in [3.8, 4) is 0 Å². The fourth-order valence-corrected chi connectivity index (χ4v) is 2.95. The molecular weight excluding hydrogens is 272 g/mol. The number of halogens is 2. The summed E-state index contributed by atoms with van der Waals surface area (Å²) < 4.78 is 28.4. The summed E-state index contributed by atoms with van der Waals surface area (Å²) in [6, 6.07) is 4.24. The predicted octanol–water partition coefficient (Wildman–Crippen LogP) is 4.72. The second kappa shape index (κ2) is 5.84. The van der Waals surface area contributed by atoms with Crippen molar-refractivity contribution in [1.29, 1.82) is 0 Å². The second-order valence-corrected chi connectivity index (χ2v) is 5.66. The molecule has 0 radical (unpaired) electrons. The average Bonchev–Trinajstić information content (AvgIpc) is 2.85. The number of imidazole rings is 1. The van der Waals surface area contributed by atoms with Crippen LogP contribution < -0.4 is 5.32 Å². The molecule has 1 aliphatic rings. The summed E-state index contributed by atoms with van der Waals surface area (Å²) in [5.74, 6) is -0.995. The van der Waals surface area contributed by atoms with Gasteiger partial charge in [0.1, 0.15) is 0 Å². The predicted molar refractivity (Wildman–Crippen MR) is 78.7 cm³/mol. The van der Waals surface area contributed by atoms with E-state index >= 15 is 0 Å². The summed E-state index contributed by atoms with van der Waals surface area (Å²) in [5, 5.41) is 3.10. The van der Waals surface area contributed by atoms with Crippen molar-refractivity contribution in [2.24, 2.45) is 0 Å². The topological polar surface area (TPSA) is 29.9 Å². The molecule has 3 rings (SSSR count). The Kier molecular flexibility index (Phi) is 3.90. The largest absolute Gasteiger partial charge is 0.325 e. The third-order valence-corrected chi connectivity index (χ3v) is 4.00. The van der Waals surface area contributed by atoms with E-state index in [-0.39, 0.29) is 0 Å². The Morgan fingerprint density at radius 2 is 1.90 bits per heavy atom. The average molecular weight is 291 g/mol. The van der Waals surface area contributed by atoms with Gasteiger partial charge in [-0.3, -0.25) is 0 Å². The number of hydrogen-bond donors (Lipinski definition) is 1. The van der Waals surface area contributed by atoms with E-state index in [0.29, 0.717) is 17.7 Å². The van der Waals surface area contributed by atoms with Crippen LogP contribution in [-0.4, -0.2) is 9.55 Å². The highest BCUT2D eigenvalue weighted by molar-refractivity contribution is 5.54. The van der Waals surface area contributed by atoms with Crippen LogP contribution >= 0.6 is 0 Å². The Hall–Kier alpha value is -1.91. The highest BCUT2D eigenvalue weighted by Gasteiger charge is 2.19. The van der Waals surface area contributed by atoms with Crippen molar-refractivity contribution in [2.45, 2.75) is 45.1 Å². The van der Waals surface area contributed by atoms with Gasteiger partial charge in [0.2, 0.25) is 5.95 Å². The number of hydrogen-bond acceptors (Lipinski definition) is 2. The van der Waals surface area contributed by atoms with Crippen LogP contribution in [0.4, 0.5) is 20.4 Å². The summed E-state index contributed by atoms with van der Waals surface area (Å²) in [6.45, 7) is 1.94. The first-order valence-electron chi connectivity index (χ1n) is 7.41. The molecule has 0 aliphatic heterocycles. The first-order valence-corrected chi connectivity index (χ1v) is 7.41. The van der Waals surface area contributed by atoms with Crippen LogP contribution in [0.15, 0.2) is 24.4 Å². The lowest BCUT2D eigenvalue weighted by Crippen LogP contribution is -2.14. The number of anilines is 2. The Morgan fingerprint density at radius 1 is 1.14 bits per heavy atom. The Balaban J connectivity index is 1.85. The standard InChI is InChI=1S/C16H19F2N3/c1-11-10-21(13-5-3-2-4-6-13)16(19-11)20-12-7-8-14(17)15(18)9-12/h7-10,13H,2-6H2,1H3,(H,19,20). The van der Waals surface area contributed by atoms with Crippen molar-refractivity contribution in [2.75, 3.05) is 5.32 Å². The quantitative estimate of drug-likeness (QED) is 0.887. The van der Waals surface area contributed by atoms with Crippen molar-refractivity contribution in [3.05, 3.63) is 41.7 Å². The van der Waals surface area contributed by atoms with Crippen molar-refractivity contribution >= 4 is 11.6 Å². The van der Waals surface area contributed by atoms with Crippen LogP contribution in [0.3, 0.4) is 0 Å². The molecule has 3 nitrogen and oxygen atoms in total. The third kappa shape index (κ3) is 3.06. The molecule has 0 amide bonds. The summed E-state index contributed by atoms with van der Waals surface area (Å²) in [5.41, 5.74) is 1.43. The van der Waals surface area contributed by atoms with Crippen LogP contribution in [0, 0.1) is 18.6 Å². The molecule has 21 heavy (non-hydrogen) atoms. The minimum atomic E-state index is -0.854. The van der Waals surface area contributed by atoms with Gasteiger partial charge in [-0.1, -0.05) is 19.3 Å². The zero-order valence-electron chi connectivity index (χ0n) is 12.1. The normalized spacial score (nSPS) is 16.1. The Labute approximate surface area is 123 Å². The molecule has 1 aromatic heterocycles. The Morgan fingerprint density at radius 3 is 2.62 bits per heavy atom. The number of nitrogens with zero attached hydrogens (tertiary/aromatic N) is 2. The summed E-state index contributed by atoms with van der Waals surface area (Å²) in [6.07, 6.45) is 8.05. The van der Waals surface area contributed by atoms with Crippen LogP contribution in [0.25, 0.3) is 0 Å². The highest BCUT2D eigenvalue weighted by atomic mass is 19.2. The van der Waals surface area contributed by atoms with Gasteiger partial charge >= 0.3 is 0 Å². The molecule has 0 saturated heterocycles. The minimum absolute atomic E-state index is 0.438. The van der Waals surface area contributed by atoms with Crippen LogP contribution in [-0.2, 0) is 0 Å². The van der Waals surface area contributed by atoms with Crippen molar-refractivity contribution in [3.63, 3.8) is 0 Å². The molecule has 1 N–H and O–H groups in total. The smallest absolute Gasteiger partial charge is 0.207 e. The number of benzene rings is 1. The SMILES string of the molecule is Cc1cn(C2CCCCC2)c(Nc2ccc(F)c(F)c2)n1. The molecule has 1 aliphatic carbocycles. The molecule has 1 heterocycles. The Bertz CT molecular complexity index is 630. The maximum Gasteiger partial charge on any atom is 0.207 e. The van der Waals surface area contributed by atoms with Gasteiger partial charge in [0.05, 0.1) is 5.69 Å². The molecule has 0 unspecified atom stereocenters. The number of aryl methyl sites for hydroxylation is 1. The van der Waals surface area contributed by atoms with E-state index in [9.17, 15) is 8.78 Å². The number of rotatable bonds is 3. The van der Waals surface area contributed by atoms with E-state index < -0.39 is 11.6 Å². The van der Waals surface area contributed by atoms with E-state index in [1.807, 2.05) is 13.1 Å². The lowest BCUT2D eigenvalue weighted by molar-refractivity contribution is 0.356. The van der Waals surface area contributed by atoms with Gasteiger partial charge in [0, 0.05) is 24.0 Å². The summed E-state index contributed by atoms with van der Waals surface area (Å²) >= 11 is 0. The van der Waals surface area contributed by atoms with Crippen LogP contribution in [0.5, 0.6) is 0 Å². The molecule has 0 spiro atoms. The van der Waals surface area contributed by atoms with Gasteiger partial charge in [-0.2, -0.15) is 0 Å². The fourth-order valence-electron chi connectivity index (χ4n) is 2.95. The lowest BCUT2D eigenvalue weighted by atomic mass is 9.95. The molecule has 2 aromatic rings. The highest BCUT2D eigenvalue weighted by Crippen LogP contribution is 2.31. The molecule has 5 heteroatoms. The molecule has 1 aromatic carbocycles. The van der Waals surface area contributed by atoms with Gasteiger partial charge < -0.3 is 9.88 Å². The first-order chi connectivity index (χ1) is 10.1. The van der Waals surface area contributed by atoms with Gasteiger partial charge in [-0.15, -0.1) is 0 Å². The lowest BCUT2D eigenvalue weighted by Gasteiger charge is -2.24. The van der Waals surface area contributed by atoms with Gasteiger partial charge in [-0.25, -0.2) is 13.8 Å². The van der Waals surface area contributed by atoms with E-state index in [1.165, 1.54) is 25.3 Å². The molecule has 1 saturated carbocycles. The van der Waals surface area contributed by atoms with Gasteiger partial charge in [0.25, 0.3) is 0 Å². The van der Waals surface area contributed by atoms with E-state index in [0.717, 1.165) is 30.7 Å². The molecule has 0 atom stereocenters. The summed E-state index contributed by atoms with van der Waals surface area (Å²) in [4.78, 5) is 4.47. The summed E-state index contributed by atoms with van der Waals surface area (Å²) in [7, 11) is 0. The van der Waals surface area contributed by atoms with Crippen molar-refractivity contribution in [1.82, 2.24) is 9.55 Å². The second-order valence-electron chi connectivity index (χ2n) is 5.66. The number of nitrogens with one attached hydrogen (secondary N) is 1. The zero-order chi connectivity index (χ0) is 14.8. The van der Waals surface area contributed by atoms with Gasteiger partial charge in [-0.05, 0) is 31.9 Å². The maximum atomic E-state index is 13.3. The first kappa shape index (κ1) is 14.0. The molecule has 0 bridgehead atoms. The minimum Gasteiger partial charge on any atom is -0.325 e. The van der Waals surface area contributed by atoms with E-state index in [1.54, 1.807) is 0 Å². The molecule has 112 valence electrons. The third-order valence-electron chi connectivity index (χ3n) is 4.00. The van der Waals surface area contributed by atoms with Crippen molar-refractivity contribution < 1.29 is 8.78 Å². The monoisotopic (exact) mass is 291 g/mol.